The van der Waals surface area contributed by atoms with Gasteiger partial charge in [-0.1, -0.05) is 17.4 Å². The Kier molecular flexibility index (Phi) is 6.61. The lowest BCUT2D eigenvalue weighted by Gasteiger charge is -2.05. The summed E-state index contributed by atoms with van der Waals surface area (Å²) >= 11 is 2.88. The van der Waals surface area contributed by atoms with Gasteiger partial charge in [-0.25, -0.2) is 0 Å². The predicted octanol–water partition coefficient (Wildman–Crippen LogP) is 4.11. The SMILES string of the molecule is CCOCCn1c(=NC(=O)c2cccc(SC)c2)sc2ccc([N+](=O)[O-])cc21. The van der Waals surface area contributed by atoms with Crippen LogP contribution in [-0.4, -0.2) is 34.9 Å². The van der Waals surface area contributed by atoms with Gasteiger partial charge in [0.2, 0.25) is 0 Å². The summed E-state index contributed by atoms with van der Waals surface area (Å²) in [7, 11) is 0. The summed E-state index contributed by atoms with van der Waals surface area (Å²) in [5.74, 6) is -0.345. The molecular formula is C19H19N3O4S2. The van der Waals surface area contributed by atoms with Crippen molar-refractivity contribution in [3.05, 3.63) is 62.9 Å². The highest BCUT2D eigenvalue weighted by molar-refractivity contribution is 7.98. The molecule has 1 amide bonds. The van der Waals surface area contributed by atoms with Gasteiger partial charge in [0.1, 0.15) is 0 Å². The van der Waals surface area contributed by atoms with Crippen LogP contribution >= 0.6 is 23.1 Å². The fraction of sp³-hybridized carbons (Fsp3) is 0.263. The zero-order valence-corrected chi connectivity index (χ0v) is 17.1. The zero-order chi connectivity index (χ0) is 20.1. The van der Waals surface area contributed by atoms with Crippen LogP contribution in [-0.2, 0) is 11.3 Å². The first kappa shape index (κ1) is 20.2. The highest BCUT2D eigenvalue weighted by Gasteiger charge is 2.13. The molecule has 0 radical (unpaired) electrons. The first-order valence-corrected chi connectivity index (χ1v) is 10.7. The Morgan fingerprint density at radius 1 is 1.32 bits per heavy atom. The van der Waals surface area contributed by atoms with Crippen molar-refractivity contribution in [1.29, 1.82) is 0 Å². The minimum Gasteiger partial charge on any atom is -0.380 e. The molecule has 3 aromatic rings. The maximum atomic E-state index is 12.7. The summed E-state index contributed by atoms with van der Waals surface area (Å²) in [4.78, 5) is 29.2. The summed E-state index contributed by atoms with van der Waals surface area (Å²) in [5.41, 5.74) is 1.18. The van der Waals surface area contributed by atoms with E-state index in [4.69, 9.17) is 4.74 Å². The second-order valence-electron chi connectivity index (χ2n) is 5.79. The molecule has 0 saturated carbocycles. The van der Waals surface area contributed by atoms with E-state index in [2.05, 4.69) is 4.99 Å². The molecule has 0 spiro atoms. The highest BCUT2D eigenvalue weighted by atomic mass is 32.2. The van der Waals surface area contributed by atoms with Gasteiger partial charge >= 0.3 is 0 Å². The van der Waals surface area contributed by atoms with E-state index in [-0.39, 0.29) is 11.6 Å². The van der Waals surface area contributed by atoms with Crippen LogP contribution in [0.3, 0.4) is 0 Å². The molecule has 146 valence electrons. The van der Waals surface area contributed by atoms with E-state index in [1.807, 2.05) is 25.3 Å². The number of fused-ring (bicyclic) bond motifs is 1. The number of rotatable bonds is 7. The smallest absolute Gasteiger partial charge is 0.279 e. The monoisotopic (exact) mass is 417 g/mol. The van der Waals surface area contributed by atoms with Gasteiger partial charge in [0.25, 0.3) is 11.6 Å². The number of benzene rings is 2. The topological polar surface area (TPSA) is 86.7 Å². The minimum absolute atomic E-state index is 0.000934. The van der Waals surface area contributed by atoms with Gasteiger partial charge in [-0.3, -0.25) is 14.9 Å². The second-order valence-corrected chi connectivity index (χ2v) is 7.68. The van der Waals surface area contributed by atoms with Crippen molar-refractivity contribution in [2.75, 3.05) is 19.5 Å². The number of nitro benzene ring substituents is 1. The van der Waals surface area contributed by atoms with Gasteiger partial charge in [-0.2, -0.15) is 4.99 Å². The molecule has 1 aromatic heterocycles. The molecule has 3 rings (SSSR count). The van der Waals surface area contributed by atoms with Crippen LogP contribution in [0.15, 0.2) is 52.4 Å². The first-order chi connectivity index (χ1) is 13.5. The van der Waals surface area contributed by atoms with Crippen molar-refractivity contribution in [2.45, 2.75) is 18.4 Å². The van der Waals surface area contributed by atoms with Gasteiger partial charge in [0.05, 0.1) is 21.7 Å². The van der Waals surface area contributed by atoms with Crippen molar-refractivity contribution in [2.24, 2.45) is 4.99 Å². The van der Waals surface area contributed by atoms with Crippen LogP contribution in [0.5, 0.6) is 0 Å². The predicted molar refractivity (Wildman–Crippen MR) is 111 cm³/mol. The van der Waals surface area contributed by atoms with E-state index in [0.717, 1.165) is 9.60 Å². The zero-order valence-electron chi connectivity index (χ0n) is 15.5. The van der Waals surface area contributed by atoms with Crippen molar-refractivity contribution < 1.29 is 14.5 Å². The highest BCUT2D eigenvalue weighted by Crippen LogP contribution is 2.23. The van der Waals surface area contributed by atoms with Crippen LogP contribution in [0.1, 0.15) is 17.3 Å². The number of nitrogens with zero attached hydrogens (tertiary/aromatic N) is 3. The number of carbonyl (C=O) groups is 1. The van der Waals surface area contributed by atoms with Crippen LogP contribution in [0.4, 0.5) is 5.69 Å². The van der Waals surface area contributed by atoms with Crippen LogP contribution in [0, 0.1) is 10.1 Å². The minimum atomic E-state index is -0.431. The van der Waals surface area contributed by atoms with Crippen molar-refractivity contribution in [3.63, 3.8) is 0 Å². The maximum absolute atomic E-state index is 12.7. The molecule has 0 aliphatic carbocycles. The Labute approximate surface area is 169 Å². The number of hydrogen-bond donors (Lipinski definition) is 0. The molecule has 0 bridgehead atoms. The number of non-ortho nitro benzene ring substituents is 1. The van der Waals surface area contributed by atoms with Gasteiger partial charge in [0.15, 0.2) is 4.80 Å². The third-order valence-corrected chi connectivity index (χ3v) is 5.84. The number of carbonyl (C=O) groups excluding carboxylic acids is 1. The van der Waals surface area contributed by atoms with E-state index in [1.165, 1.54) is 23.5 Å². The number of thioether (sulfide) groups is 1. The van der Waals surface area contributed by atoms with E-state index in [9.17, 15) is 14.9 Å². The van der Waals surface area contributed by atoms with E-state index >= 15 is 0 Å². The first-order valence-electron chi connectivity index (χ1n) is 8.62. The molecule has 9 heteroatoms. The Morgan fingerprint density at radius 3 is 2.86 bits per heavy atom. The Bertz CT molecular complexity index is 1090. The van der Waals surface area contributed by atoms with Gasteiger partial charge in [0, 0.05) is 35.7 Å². The number of nitro groups is 1. The summed E-state index contributed by atoms with van der Waals surface area (Å²) in [6.07, 6.45) is 1.95. The number of hydrogen-bond acceptors (Lipinski definition) is 6. The van der Waals surface area contributed by atoms with Crippen LogP contribution < -0.4 is 4.80 Å². The molecule has 0 saturated heterocycles. The summed E-state index contributed by atoms with van der Waals surface area (Å²) in [6, 6.07) is 11.9. The van der Waals surface area contributed by atoms with Gasteiger partial charge in [-0.15, -0.1) is 11.8 Å². The van der Waals surface area contributed by atoms with Crippen molar-refractivity contribution >= 4 is 44.9 Å². The second kappa shape index (κ2) is 9.13. The standard InChI is InChI=1S/C19H19N3O4S2/c1-3-26-10-9-21-16-12-14(22(24)25)7-8-17(16)28-19(21)20-18(23)13-5-4-6-15(11-13)27-2/h4-8,11-12H,3,9-10H2,1-2H3. The lowest BCUT2D eigenvalue weighted by atomic mass is 10.2. The molecular weight excluding hydrogens is 398 g/mol. The van der Waals surface area contributed by atoms with Gasteiger partial charge < -0.3 is 9.30 Å². The molecule has 2 aromatic carbocycles. The third kappa shape index (κ3) is 4.49. The molecule has 28 heavy (non-hydrogen) atoms. The van der Waals surface area contributed by atoms with Crippen LogP contribution in [0.25, 0.3) is 10.2 Å². The average Bonchev–Trinajstić information content (AvgIpc) is 3.04. The molecule has 0 N–H and O–H groups in total. The van der Waals surface area contributed by atoms with E-state index < -0.39 is 4.92 Å². The van der Waals surface area contributed by atoms with E-state index in [1.54, 1.807) is 34.5 Å². The largest absolute Gasteiger partial charge is 0.380 e. The number of thiazole rings is 1. The number of amides is 1. The molecule has 0 aliphatic heterocycles. The Hall–Kier alpha value is -2.49. The third-order valence-electron chi connectivity index (χ3n) is 4.05. The summed E-state index contributed by atoms with van der Waals surface area (Å²) in [5, 5.41) is 11.1. The van der Waals surface area contributed by atoms with E-state index in [0.29, 0.717) is 35.6 Å². The molecule has 7 nitrogen and oxygen atoms in total. The summed E-state index contributed by atoms with van der Waals surface area (Å²) < 4.78 is 8.06. The fourth-order valence-corrected chi connectivity index (χ4v) is 4.17. The molecule has 1 heterocycles. The molecule has 0 atom stereocenters. The normalized spacial score (nSPS) is 11.9. The quantitative estimate of drug-likeness (QED) is 0.250. The fourth-order valence-electron chi connectivity index (χ4n) is 2.68. The molecule has 0 unspecified atom stereocenters. The van der Waals surface area contributed by atoms with Crippen molar-refractivity contribution in [1.82, 2.24) is 4.57 Å². The van der Waals surface area contributed by atoms with Crippen molar-refractivity contribution in [3.8, 4) is 0 Å². The van der Waals surface area contributed by atoms with Gasteiger partial charge in [-0.05, 0) is 37.4 Å². The average molecular weight is 418 g/mol. The lowest BCUT2D eigenvalue weighted by molar-refractivity contribution is -0.384. The number of aromatic nitrogens is 1. The summed E-state index contributed by atoms with van der Waals surface area (Å²) in [6.45, 7) is 3.34. The van der Waals surface area contributed by atoms with Crippen LogP contribution in [0.2, 0.25) is 0 Å². The maximum Gasteiger partial charge on any atom is 0.279 e. The lowest BCUT2D eigenvalue weighted by Crippen LogP contribution is -2.19. The molecule has 0 fully saturated rings. The molecule has 0 aliphatic rings. The number of ether oxygens (including phenoxy) is 1. The Balaban J connectivity index is 2.09. The Morgan fingerprint density at radius 2 is 2.14 bits per heavy atom.